The molecule has 3 heterocycles. The molecular weight excluding hydrogens is 304 g/mol. The van der Waals surface area contributed by atoms with E-state index in [2.05, 4.69) is 0 Å². The summed E-state index contributed by atoms with van der Waals surface area (Å²) in [6.07, 6.45) is 0.770. The lowest BCUT2D eigenvalue weighted by Gasteiger charge is -2.42. The van der Waals surface area contributed by atoms with E-state index in [4.69, 9.17) is 4.74 Å². The van der Waals surface area contributed by atoms with Crippen LogP contribution >= 0.6 is 0 Å². The fraction of sp³-hybridized carbons (Fsp3) is 0.368. The van der Waals surface area contributed by atoms with Crippen LogP contribution in [0.5, 0.6) is 0 Å². The van der Waals surface area contributed by atoms with Gasteiger partial charge in [0.15, 0.2) is 0 Å². The van der Waals surface area contributed by atoms with Gasteiger partial charge in [0.1, 0.15) is 6.61 Å². The van der Waals surface area contributed by atoms with Gasteiger partial charge in [-0.05, 0) is 24.0 Å². The highest BCUT2D eigenvalue weighted by molar-refractivity contribution is 5.68. The Labute approximate surface area is 140 Å². The second kappa shape index (κ2) is 6.15. The average Bonchev–Trinajstić information content (AvgIpc) is 2.61. The summed E-state index contributed by atoms with van der Waals surface area (Å²) in [7, 11) is 0. The molecule has 2 aliphatic rings. The summed E-state index contributed by atoms with van der Waals surface area (Å²) in [5.41, 5.74) is 2.08. The largest absolute Gasteiger partial charge is 0.445 e. The van der Waals surface area contributed by atoms with Crippen molar-refractivity contribution in [1.82, 2.24) is 9.47 Å². The minimum Gasteiger partial charge on any atom is -0.445 e. The predicted molar refractivity (Wildman–Crippen MR) is 89.8 cm³/mol. The second-order valence-corrected chi connectivity index (χ2v) is 6.64. The van der Waals surface area contributed by atoms with Gasteiger partial charge < -0.3 is 14.2 Å². The van der Waals surface area contributed by atoms with E-state index in [-0.39, 0.29) is 17.6 Å². The van der Waals surface area contributed by atoms with Crippen molar-refractivity contribution in [2.24, 2.45) is 5.92 Å². The summed E-state index contributed by atoms with van der Waals surface area (Å²) >= 11 is 0. The van der Waals surface area contributed by atoms with Gasteiger partial charge in [0.25, 0.3) is 5.56 Å². The van der Waals surface area contributed by atoms with Crippen LogP contribution in [0, 0.1) is 5.92 Å². The number of ether oxygens (including phenoxy) is 1. The summed E-state index contributed by atoms with van der Waals surface area (Å²) in [5.74, 6) is 0.538. The molecule has 0 spiro atoms. The van der Waals surface area contributed by atoms with Gasteiger partial charge in [0.05, 0.1) is 0 Å². The lowest BCUT2D eigenvalue weighted by Crippen LogP contribution is -2.49. The maximum atomic E-state index is 12.4. The average molecular weight is 324 g/mol. The van der Waals surface area contributed by atoms with Crippen molar-refractivity contribution in [3.8, 4) is 0 Å². The van der Waals surface area contributed by atoms with Gasteiger partial charge in [0.2, 0.25) is 0 Å². The first-order valence-electron chi connectivity index (χ1n) is 8.36. The topological polar surface area (TPSA) is 51.5 Å². The zero-order chi connectivity index (χ0) is 16.5. The Morgan fingerprint density at radius 3 is 2.71 bits per heavy atom. The maximum Gasteiger partial charge on any atom is 0.410 e. The van der Waals surface area contributed by atoms with Crippen molar-refractivity contribution in [3.63, 3.8) is 0 Å². The van der Waals surface area contributed by atoms with Crippen LogP contribution in [0.1, 0.15) is 23.6 Å². The monoisotopic (exact) mass is 324 g/mol. The van der Waals surface area contributed by atoms with E-state index in [1.165, 1.54) is 0 Å². The van der Waals surface area contributed by atoms with Crippen molar-refractivity contribution in [1.29, 1.82) is 0 Å². The lowest BCUT2D eigenvalue weighted by molar-refractivity contribution is 0.0644. The summed E-state index contributed by atoms with van der Waals surface area (Å²) in [6, 6.07) is 15.1. The van der Waals surface area contributed by atoms with Gasteiger partial charge in [-0.1, -0.05) is 36.4 Å². The van der Waals surface area contributed by atoms with E-state index in [0.29, 0.717) is 32.2 Å². The third-order valence-electron chi connectivity index (χ3n) is 4.94. The number of hydrogen-bond acceptors (Lipinski definition) is 3. The highest BCUT2D eigenvalue weighted by Crippen LogP contribution is 2.35. The fourth-order valence-corrected chi connectivity index (χ4v) is 3.86. The van der Waals surface area contributed by atoms with Crippen LogP contribution in [0.4, 0.5) is 4.79 Å². The molecule has 0 aliphatic carbocycles. The molecule has 0 saturated carbocycles. The molecule has 5 heteroatoms. The highest BCUT2D eigenvalue weighted by atomic mass is 16.6. The van der Waals surface area contributed by atoms with Gasteiger partial charge in [0, 0.05) is 37.3 Å². The Balaban J connectivity index is 1.46. The number of piperidine rings is 1. The second-order valence-electron chi connectivity index (χ2n) is 6.64. The van der Waals surface area contributed by atoms with Gasteiger partial charge in [-0.2, -0.15) is 0 Å². The summed E-state index contributed by atoms with van der Waals surface area (Å²) in [5, 5.41) is 0. The Morgan fingerprint density at radius 1 is 1.04 bits per heavy atom. The minimum atomic E-state index is -0.264. The number of rotatable bonds is 2. The molecule has 2 atom stereocenters. The third kappa shape index (κ3) is 2.82. The van der Waals surface area contributed by atoms with Gasteiger partial charge >= 0.3 is 6.09 Å². The number of aromatic nitrogens is 1. The van der Waals surface area contributed by atoms with Crippen LogP contribution in [0.25, 0.3) is 0 Å². The molecule has 1 amide bonds. The lowest BCUT2D eigenvalue weighted by atomic mass is 9.83. The van der Waals surface area contributed by atoms with Gasteiger partial charge in [-0.15, -0.1) is 0 Å². The number of nitrogens with zero attached hydrogens (tertiary/aromatic N) is 2. The molecule has 1 aromatic carbocycles. The van der Waals surface area contributed by atoms with Gasteiger partial charge in [-0.3, -0.25) is 4.79 Å². The van der Waals surface area contributed by atoms with Crippen LogP contribution in [-0.2, 0) is 17.9 Å². The molecule has 0 radical (unpaired) electrons. The van der Waals surface area contributed by atoms with Crippen molar-refractivity contribution < 1.29 is 9.53 Å². The number of amides is 1. The van der Waals surface area contributed by atoms with Crippen LogP contribution in [0.2, 0.25) is 0 Å². The van der Waals surface area contributed by atoms with Crippen molar-refractivity contribution >= 4 is 6.09 Å². The molecule has 2 aromatic rings. The zero-order valence-corrected chi connectivity index (χ0v) is 13.4. The number of carbonyl (C=O) groups is 1. The number of pyridine rings is 1. The normalized spacial score (nSPS) is 21.9. The summed E-state index contributed by atoms with van der Waals surface area (Å²) < 4.78 is 7.33. The highest BCUT2D eigenvalue weighted by Gasteiger charge is 2.36. The molecule has 24 heavy (non-hydrogen) atoms. The van der Waals surface area contributed by atoms with E-state index in [9.17, 15) is 9.59 Å². The quantitative estimate of drug-likeness (QED) is 0.853. The first-order chi connectivity index (χ1) is 11.7. The SMILES string of the molecule is O=C(OCc1ccccc1)N1C[C@@H]2C[C@H](C1)c1cccc(=O)n1C2. The number of benzene rings is 1. The number of fused-ring (bicyclic) bond motifs is 4. The predicted octanol–water partition coefficient (Wildman–Crippen LogP) is 2.60. The number of likely N-dealkylation sites (tertiary alicyclic amines) is 1. The molecule has 4 rings (SSSR count). The smallest absolute Gasteiger partial charge is 0.410 e. The van der Waals surface area contributed by atoms with Crippen molar-refractivity contribution in [2.45, 2.75) is 25.5 Å². The van der Waals surface area contributed by atoms with E-state index in [1.807, 2.05) is 41.0 Å². The standard InChI is InChI=1S/C19H20N2O3/c22-18-8-4-7-17-16-9-15(11-21(17)18)10-20(12-16)19(23)24-13-14-5-2-1-3-6-14/h1-8,15-16H,9-13H2/t15-,16+/m0/s1. The molecular formula is C19H20N2O3. The number of carbonyl (C=O) groups excluding carboxylic acids is 1. The number of hydrogen-bond donors (Lipinski definition) is 0. The Bertz CT molecular complexity index is 800. The molecule has 0 N–H and O–H groups in total. The summed E-state index contributed by atoms with van der Waals surface area (Å²) in [6.45, 7) is 2.26. The molecule has 124 valence electrons. The molecule has 2 bridgehead atoms. The Kier molecular flexibility index (Phi) is 3.84. The van der Waals surface area contributed by atoms with E-state index < -0.39 is 0 Å². The molecule has 2 aliphatic heterocycles. The fourth-order valence-electron chi connectivity index (χ4n) is 3.86. The Morgan fingerprint density at radius 2 is 1.88 bits per heavy atom. The van der Waals surface area contributed by atoms with Crippen molar-refractivity contribution in [2.75, 3.05) is 13.1 Å². The molecule has 1 aromatic heterocycles. The van der Waals surface area contributed by atoms with Crippen LogP contribution in [-0.4, -0.2) is 28.6 Å². The Hall–Kier alpha value is -2.56. The molecule has 1 fully saturated rings. The summed E-state index contributed by atoms with van der Waals surface area (Å²) in [4.78, 5) is 26.2. The van der Waals surface area contributed by atoms with E-state index in [1.54, 1.807) is 17.0 Å². The molecule has 0 unspecified atom stereocenters. The van der Waals surface area contributed by atoms with Crippen LogP contribution in [0.15, 0.2) is 53.3 Å². The van der Waals surface area contributed by atoms with Crippen molar-refractivity contribution in [3.05, 3.63) is 70.1 Å². The van der Waals surface area contributed by atoms with Gasteiger partial charge in [-0.25, -0.2) is 4.79 Å². The van der Waals surface area contributed by atoms with E-state index >= 15 is 0 Å². The molecule has 1 saturated heterocycles. The first kappa shape index (κ1) is 15.0. The minimum absolute atomic E-state index is 0.0577. The maximum absolute atomic E-state index is 12.4. The van der Waals surface area contributed by atoms with Crippen LogP contribution in [0.3, 0.4) is 0 Å². The zero-order valence-electron chi connectivity index (χ0n) is 13.4. The van der Waals surface area contributed by atoms with E-state index in [0.717, 1.165) is 17.7 Å². The first-order valence-corrected chi connectivity index (χ1v) is 8.36. The van der Waals surface area contributed by atoms with Crippen LogP contribution < -0.4 is 5.56 Å². The molecule has 5 nitrogen and oxygen atoms in total. The third-order valence-corrected chi connectivity index (χ3v) is 4.94.